The van der Waals surface area contributed by atoms with Crippen molar-refractivity contribution >= 4 is 11.9 Å². The summed E-state index contributed by atoms with van der Waals surface area (Å²) >= 11 is 0. The third-order valence-corrected chi connectivity index (χ3v) is 3.42. The fourth-order valence-corrected chi connectivity index (χ4v) is 2.37. The van der Waals surface area contributed by atoms with Gasteiger partial charge in [0.15, 0.2) is 0 Å². The van der Waals surface area contributed by atoms with Crippen molar-refractivity contribution in [3.63, 3.8) is 0 Å². The molecule has 20 heavy (non-hydrogen) atoms. The Kier molecular flexibility index (Phi) is 5.55. The molecule has 0 saturated heterocycles. The number of hydrogen-bond donors (Lipinski definition) is 2. The van der Waals surface area contributed by atoms with Gasteiger partial charge in [0.1, 0.15) is 5.75 Å². The molecule has 0 aliphatic rings. The first-order valence-electron chi connectivity index (χ1n) is 6.46. The zero-order chi connectivity index (χ0) is 15.3. The van der Waals surface area contributed by atoms with Gasteiger partial charge in [0.2, 0.25) is 0 Å². The molecule has 110 valence electrons. The van der Waals surface area contributed by atoms with Crippen LogP contribution in [0.3, 0.4) is 0 Å². The van der Waals surface area contributed by atoms with Crippen molar-refractivity contribution in [2.75, 3.05) is 7.11 Å². The SMILES string of the molecule is COc1cc(C)c(CCC(=O)O)c(C)c1CCC(=O)O. The molecule has 0 amide bonds. The summed E-state index contributed by atoms with van der Waals surface area (Å²) in [5.41, 5.74) is 3.72. The van der Waals surface area contributed by atoms with Crippen LogP contribution in [0.5, 0.6) is 5.75 Å². The highest BCUT2D eigenvalue weighted by atomic mass is 16.5. The topological polar surface area (TPSA) is 83.8 Å². The number of rotatable bonds is 7. The first kappa shape index (κ1) is 16.0. The summed E-state index contributed by atoms with van der Waals surface area (Å²) in [6.07, 6.45) is 0.909. The number of hydrogen-bond acceptors (Lipinski definition) is 3. The van der Waals surface area contributed by atoms with Crippen molar-refractivity contribution in [3.05, 3.63) is 28.3 Å². The number of methoxy groups -OCH3 is 1. The molecule has 0 saturated carbocycles. The number of ether oxygens (including phenoxy) is 1. The lowest BCUT2D eigenvalue weighted by Gasteiger charge is -2.17. The predicted octanol–water partition coefficient (Wildman–Crippen LogP) is 2.35. The standard InChI is InChI=1S/C15H20O5/c1-9-8-13(20-3)12(5-7-15(18)19)10(2)11(9)4-6-14(16)17/h8H,4-7H2,1-3H3,(H,16,17)(H,18,19). The minimum absolute atomic E-state index is 0.0264. The summed E-state index contributed by atoms with van der Waals surface area (Å²) in [7, 11) is 1.55. The van der Waals surface area contributed by atoms with Crippen LogP contribution in [0.4, 0.5) is 0 Å². The van der Waals surface area contributed by atoms with E-state index in [9.17, 15) is 9.59 Å². The molecule has 0 heterocycles. The predicted molar refractivity (Wildman–Crippen MR) is 74.4 cm³/mol. The molecule has 0 fully saturated rings. The van der Waals surface area contributed by atoms with Crippen LogP contribution < -0.4 is 4.74 Å². The second-order valence-corrected chi connectivity index (χ2v) is 4.77. The van der Waals surface area contributed by atoms with Crippen LogP contribution in [-0.4, -0.2) is 29.3 Å². The first-order chi connectivity index (χ1) is 9.36. The van der Waals surface area contributed by atoms with Gasteiger partial charge in [-0.05, 0) is 55.0 Å². The summed E-state index contributed by atoms with van der Waals surface area (Å²) in [4.78, 5) is 21.4. The number of aliphatic carboxylic acids is 2. The van der Waals surface area contributed by atoms with E-state index < -0.39 is 11.9 Å². The van der Waals surface area contributed by atoms with Crippen molar-refractivity contribution < 1.29 is 24.5 Å². The summed E-state index contributed by atoms with van der Waals surface area (Å²) in [5, 5.41) is 17.6. The summed E-state index contributed by atoms with van der Waals surface area (Å²) in [6.45, 7) is 3.80. The van der Waals surface area contributed by atoms with Crippen LogP contribution in [0.1, 0.15) is 35.1 Å². The van der Waals surface area contributed by atoms with Crippen LogP contribution in [0, 0.1) is 13.8 Å². The Morgan fingerprint density at radius 1 is 1.05 bits per heavy atom. The highest BCUT2D eigenvalue weighted by Crippen LogP contribution is 2.30. The second-order valence-electron chi connectivity index (χ2n) is 4.77. The molecule has 0 unspecified atom stereocenters. The van der Waals surface area contributed by atoms with Gasteiger partial charge in [-0.2, -0.15) is 0 Å². The minimum atomic E-state index is -0.862. The molecule has 1 aromatic rings. The molecule has 5 heteroatoms. The maximum atomic E-state index is 10.7. The van der Waals surface area contributed by atoms with Gasteiger partial charge in [0.25, 0.3) is 0 Å². The Balaban J connectivity index is 3.15. The van der Waals surface area contributed by atoms with Gasteiger partial charge in [-0.1, -0.05) is 0 Å². The molecule has 0 radical (unpaired) electrons. The van der Waals surface area contributed by atoms with Crippen molar-refractivity contribution in [3.8, 4) is 5.75 Å². The van der Waals surface area contributed by atoms with Gasteiger partial charge >= 0.3 is 11.9 Å². The van der Waals surface area contributed by atoms with Crippen molar-refractivity contribution in [1.82, 2.24) is 0 Å². The van der Waals surface area contributed by atoms with Gasteiger partial charge in [-0.25, -0.2) is 0 Å². The van der Waals surface area contributed by atoms with Crippen molar-refractivity contribution in [2.45, 2.75) is 39.5 Å². The summed E-state index contributed by atoms with van der Waals surface area (Å²) in [5.74, 6) is -1.04. The van der Waals surface area contributed by atoms with Crippen LogP contribution in [-0.2, 0) is 22.4 Å². The molecule has 0 bridgehead atoms. The van der Waals surface area contributed by atoms with E-state index in [0.29, 0.717) is 18.6 Å². The Morgan fingerprint density at radius 3 is 2.00 bits per heavy atom. The van der Waals surface area contributed by atoms with Gasteiger partial charge < -0.3 is 14.9 Å². The van der Waals surface area contributed by atoms with E-state index in [4.69, 9.17) is 14.9 Å². The molecule has 2 N–H and O–H groups in total. The number of carboxylic acids is 2. The zero-order valence-corrected chi connectivity index (χ0v) is 12.0. The van der Waals surface area contributed by atoms with Crippen molar-refractivity contribution in [1.29, 1.82) is 0 Å². The van der Waals surface area contributed by atoms with Crippen LogP contribution in [0.2, 0.25) is 0 Å². The Bertz CT molecular complexity index is 519. The van der Waals surface area contributed by atoms with Gasteiger partial charge in [0.05, 0.1) is 7.11 Å². The minimum Gasteiger partial charge on any atom is -0.496 e. The maximum absolute atomic E-state index is 10.7. The number of carbonyl (C=O) groups is 2. The highest BCUT2D eigenvalue weighted by Gasteiger charge is 2.15. The van der Waals surface area contributed by atoms with E-state index in [1.807, 2.05) is 19.9 Å². The molecule has 0 spiro atoms. The van der Waals surface area contributed by atoms with Crippen LogP contribution in [0.15, 0.2) is 6.07 Å². The molecular weight excluding hydrogens is 260 g/mol. The molecule has 1 rings (SSSR count). The smallest absolute Gasteiger partial charge is 0.303 e. The van der Waals surface area contributed by atoms with E-state index in [1.165, 1.54) is 0 Å². The molecular formula is C15H20O5. The largest absolute Gasteiger partial charge is 0.496 e. The maximum Gasteiger partial charge on any atom is 0.303 e. The molecule has 5 nitrogen and oxygen atoms in total. The molecule has 0 aromatic heterocycles. The van der Waals surface area contributed by atoms with Gasteiger partial charge in [-0.3, -0.25) is 9.59 Å². The molecule has 0 aliphatic heterocycles. The number of benzene rings is 1. The fourth-order valence-electron chi connectivity index (χ4n) is 2.37. The molecule has 0 aliphatic carbocycles. The van der Waals surface area contributed by atoms with Gasteiger partial charge in [-0.15, -0.1) is 0 Å². The average molecular weight is 280 g/mol. The van der Waals surface area contributed by atoms with E-state index in [0.717, 1.165) is 22.3 Å². The van der Waals surface area contributed by atoms with E-state index in [-0.39, 0.29) is 12.8 Å². The first-order valence-corrected chi connectivity index (χ1v) is 6.46. The normalized spacial score (nSPS) is 10.3. The molecule has 0 atom stereocenters. The fraction of sp³-hybridized carbons (Fsp3) is 0.467. The number of aryl methyl sites for hydroxylation is 1. The third kappa shape index (κ3) is 3.98. The van der Waals surface area contributed by atoms with E-state index >= 15 is 0 Å². The third-order valence-electron chi connectivity index (χ3n) is 3.42. The summed E-state index contributed by atoms with van der Waals surface area (Å²) < 4.78 is 5.31. The number of carboxylic acid groups (broad SMARTS) is 2. The monoisotopic (exact) mass is 280 g/mol. The van der Waals surface area contributed by atoms with Gasteiger partial charge in [0, 0.05) is 12.8 Å². The lowest BCUT2D eigenvalue weighted by molar-refractivity contribution is -0.137. The van der Waals surface area contributed by atoms with Crippen LogP contribution in [0.25, 0.3) is 0 Å². The molecule has 1 aromatic carbocycles. The van der Waals surface area contributed by atoms with E-state index in [2.05, 4.69) is 0 Å². The zero-order valence-electron chi connectivity index (χ0n) is 12.0. The van der Waals surface area contributed by atoms with E-state index in [1.54, 1.807) is 7.11 Å². The second kappa shape index (κ2) is 6.93. The average Bonchev–Trinajstić information content (AvgIpc) is 2.36. The quantitative estimate of drug-likeness (QED) is 0.801. The summed E-state index contributed by atoms with van der Waals surface area (Å²) in [6, 6.07) is 1.85. The highest BCUT2D eigenvalue weighted by molar-refractivity contribution is 5.68. The lowest BCUT2D eigenvalue weighted by Crippen LogP contribution is -2.07. The Morgan fingerprint density at radius 2 is 1.55 bits per heavy atom. The lowest BCUT2D eigenvalue weighted by atomic mass is 9.91. The Hall–Kier alpha value is -2.04. The van der Waals surface area contributed by atoms with Crippen molar-refractivity contribution in [2.24, 2.45) is 0 Å². The van der Waals surface area contributed by atoms with Crippen LogP contribution >= 0.6 is 0 Å². The Labute approximate surface area is 118 Å².